The molecular weight excluding hydrogens is 731 g/mol. The maximum absolute atomic E-state index is 12.7. The second kappa shape index (κ2) is 14.1. The number of pyridine rings is 1. The van der Waals surface area contributed by atoms with Crippen LogP contribution in [0, 0.1) is 0 Å². The molecule has 0 saturated carbocycles. The molecule has 27 heteroatoms. The lowest BCUT2D eigenvalue weighted by molar-refractivity contribution is -0.782. The zero-order chi connectivity index (χ0) is 35.2. The molecule has 10 N–H and O–H groups in total. The van der Waals surface area contributed by atoms with Crippen LogP contribution in [0.4, 0.5) is 5.82 Å². The van der Waals surface area contributed by atoms with Crippen LogP contribution < -0.4 is 21.1 Å². The predicted molar refractivity (Wildman–Crippen MR) is 155 cm³/mol. The van der Waals surface area contributed by atoms with E-state index in [0.29, 0.717) is 5.56 Å². The van der Waals surface area contributed by atoms with Crippen molar-refractivity contribution in [1.29, 1.82) is 0 Å². The first-order valence-corrected chi connectivity index (χ1v) is 18.2. The SMILES string of the molecule is NC(=S)c1ccc[n+]([C@@H]2O[C@H](COP(=O)(O)OP(=O)(O)OC[C@H]3O[C@@H](n4cnc5c(N)ncnc54)[C@H](OP(=O)(O)O)[C@@H]3O)[C@@H](O)[C@H]2[O-])c1. The molecule has 5 heterocycles. The number of anilines is 1. The van der Waals surface area contributed by atoms with E-state index in [4.69, 9.17) is 42.2 Å². The van der Waals surface area contributed by atoms with Gasteiger partial charge in [-0.2, -0.15) is 8.88 Å². The number of imidazole rings is 1. The molecule has 3 aromatic heterocycles. The lowest BCUT2D eigenvalue weighted by atomic mass is 10.1. The summed E-state index contributed by atoms with van der Waals surface area (Å²) < 4.78 is 68.5. The van der Waals surface area contributed by atoms with Crippen LogP contribution in [-0.2, 0) is 41.1 Å². The number of hydrogen-bond donors (Lipinski definition) is 8. The van der Waals surface area contributed by atoms with Crippen LogP contribution in [0.15, 0.2) is 37.2 Å². The Labute approximate surface area is 274 Å². The second-order valence-electron chi connectivity index (χ2n) is 10.2. The van der Waals surface area contributed by atoms with Crippen LogP contribution in [0.5, 0.6) is 0 Å². The Morgan fingerprint density at radius 1 is 1.04 bits per heavy atom. The van der Waals surface area contributed by atoms with Gasteiger partial charge in [-0.1, -0.05) is 12.2 Å². The fraction of sp³-hybridized carbons (Fsp3) is 0.476. The molecule has 0 amide bonds. The van der Waals surface area contributed by atoms with Crippen molar-refractivity contribution < 1.29 is 80.5 Å². The van der Waals surface area contributed by atoms with Gasteiger partial charge in [0.15, 0.2) is 30.1 Å². The monoisotopic (exact) mass is 759 g/mol. The molecule has 0 aliphatic carbocycles. The van der Waals surface area contributed by atoms with Crippen LogP contribution in [0.2, 0.25) is 0 Å². The number of phosphoric ester groups is 3. The number of fused-ring (bicyclic) bond motifs is 1. The minimum atomic E-state index is -5.52. The molecule has 2 aliphatic heterocycles. The lowest BCUT2D eigenvalue weighted by Crippen LogP contribution is -2.52. The Hall–Kier alpha value is -2.44. The van der Waals surface area contributed by atoms with Gasteiger partial charge in [0, 0.05) is 6.07 Å². The maximum atomic E-state index is 12.7. The highest BCUT2D eigenvalue weighted by Gasteiger charge is 2.50. The third-order valence-electron chi connectivity index (χ3n) is 6.96. The predicted octanol–water partition coefficient (Wildman–Crippen LogP) is -3.00. The zero-order valence-corrected chi connectivity index (χ0v) is 27.4. The topological polar surface area (TPSA) is 351 Å². The Morgan fingerprint density at radius 2 is 1.69 bits per heavy atom. The van der Waals surface area contributed by atoms with Crippen molar-refractivity contribution in [1.82, 2.24) is 19.5 Å². The molecule has 264 valence electrons. The molecule has 2 fully saturated rings. The van der Waals surface area contributed by atoms with Gasteiger partial charge in [0.25, 0.3) is 6.23 Å². The van der Waals surface area contributed by atoms with E-state index in [-0.39, 0.29) is 22.0 Å². The van der Waals surface area contributed by atoms with Crippen molar-refractivity contribution in [3.8, 4) is 0 Å². The highest BCUT2D eigenvalue weighted by Crippen LogP contribution is 2.61. The van der Waals surface area contributed by atoms with Crippen LogP contribution in [0.1, 0.15) is 18.0 Å². The number of aromatic nitrogens is 5. The summed E-state index contributed by atoms with van der Waals surface area (Å²) in [6, 6.07) is 3.08. The van der Waals surface area contributed by atoms with Gasteiger partial charge in [-0.3, -0.25) is 18.1 Å². The molecule has 5 rings (SSSR count). The normalized spacial score (nSPS) is 30.3. The number of aliphatic hydroxyl groups excluding tert-OH is 2. The van der Waals surface area contributed by atoms with Gasteiger partial charge in [0.2, 0.25) is 0 Å². The summed E-state index contributed by atoms with van der Waals surface area (Å²) in [5, 5.41) is 33.8. The van der Waals surface area contributed by atoms with Gasteiger partial charge in [0.05, 0.1) is 31.2 Å². The molecule has 0 bridgehead atoms. The smallest absolute Gasteiger partial charge is 0.481 e. The standard InChI is InChI=1S/C21H28N7O16P3S/c22-17-12-19(25-7-24-17)28(8-26-12)21-16(43-45(32,33)34)14(30)11(42-21)6-40-47(37,38)44-46(35,36)39-5-10-13(29)15(31)20(41-10)27-3-1-2-9(4-27)18(23)48/h1-4,7-8,10-11,13-16,20-21,29-30H,5-6H2,(H2,23,48)(H,35,36)(H,37,38)(H2,22,24,25)(H2,32,33,34)/t10-,11-,13-,14-,15-,16-,20-,21-/m1/s1. The molecule has 0 radical (unpaired) electrons. The Kier molecular flexibility index (Phi) is 10.8. The number of aliphatic hydroxyl groups is 2. The van der Waals surface area contributed by atoms with E-state index >= 15 is 0 Å². The van der Waals surface area contributed by atoms with E-state index < -0.39 is 85.8 Å². The van der Waals surface area contributed by atoms with Gasteiger partial charge < -0.3 is 55.8 Å². The molecular formula is C21H28N7O16P3S. The van der Waals surface area contributed by atoms with Crippen molar-refractivity contribution in [3.63, 3.8) is 0 Å². The highest BCUT2D eigenvalue weighted by atomic mass is 32.1. The van der Waals surface area contributed by atoms with Crippen LogP contribution in [0.3, 0.4) is 0 Å². The molecule has 2 aliphatic rings. The Balaban J connectivity index is 1.21. The molecule has 2 unspecified atom stereocenters. The average Bonchev–Trinajstić information content (AvgIpc) is 3.64. The molecule has 3 aromatic rings. The van der Waals surface area contributed by atoms with Gasteiger partial charge in [0.1, 0.15) is 41.2 Å². The summed E-state index contributed by atoms with van der Waals surface area (Å²) >= 11 is 4.90. The molecule has 48 heavy (non-hydrogen) atoms. The van der Waals surface area contributed by atoms with E-state index in [1.165, 1.54) is 23.0 Å². The minimum Gasteiger partial charge on any atom is -0.843 e. The number of hydrogen-bond acceptors (Lipinski definition) is 17. The van der Waals surface area contributed by atoms with E-state index in [0.717, 1.165) is 17.2 Å². The number of nitrogens with zero attached hydrogens (tertiary/aromatic N) is 5. The summed E-state index contributed by atoms with van der Waals surface area (Å²) in [5.41, 5.74) is 11.8. The van der Waals surface area contributed by atoms with Crippen LogP contribution in [0.25, 0.3) is 11.2 Å². The first-order chi connectivity index (χ1) is 22.4. The summed E-state index contributed by atoms with van der Waals surface area (Å²) in [6.45, 7) is -2.02. The van der Waals surface area contributed by atoms with Gasteiger partial charge >= 0.3 is 23.5 Å². The number of phosphoric acid groups is 3. The molecule has 10 atom stereocenters. The van der Waals surface area contributed by atoms with Crippen molar-refractivity contribution >= 4 is 57.7 Å². The summed E-state index contributed by atoms with van der Waals surface area (Å²) in [7, 11) is -16.2. The fourth-order valence-electron chi connectivity index (χ4n) is 4.81. The third-order valence-corrected chi connectivity index (χ3v) is 10.3. The van der Waals surface area contributed by atoms with E-state index in [2.05, 4.69) is 23.8 Å². The van der Waals surface area contributed by atoms with Gasteiger partial charge in [-0.25, -0.2) is 28.6 Å². The number of nitrogens with two attached hydrogens (primary N) is 2. The summed E-state index contributed by atoms with van der Waals surface area (Å²) in [5.74, 6) is -0.0540. The van der Waals surface area contributed by atoms with E-state index in [1.807, 2.05) is 0 Å². The zero-order valence-electron chi connectivity index (χ0n) is 23.9. The number of nitrogen functional groups attached to an aromatic ring is 1. The number of ether oxygens (including phenoxy) is 2. The highest BCUT2D eigenvalue weighted by molar-refractivity contribution is 7.80. The average molecular weight is 759 g/mol. The van der Waals surface area contributed by atoms with Crippen molar-refractivity contribution in [2.24, 2.45) is 5.73 Å². The lowest BCUT2D eigenvalue weighted by Gasteiger charge is -2.22. The second-order valence-corrected chi connectivity index (χ2v) is 14.9. The molecule has 0 aromatic carbocycles. The van der Waals surface area contributed by atoms with E-state index in [1.54, 1.807) is 6.07 Å². The first kappa shape index (κ1) is 36.8. The molecule has 0 spiro atoms. The van der Waals surface area contributed by atoms with Crippen LogP contribution in [-0.4, -0.2) is 104 Å². The third kappa shape index (κ3) is 8.29. The van der Waals surface area contributed by atoms with Crippen molar-refractivity contribution in [2.75, 3.05) is 18.9 Å². The summed E-state index contributed by atoms with van der Waals surface area (Å²) in [6.07, 6.45) is -8.40. The minimum absolute atomic E-state index is 0.00728. The Bertz CT molecular complexity index is 1820. The maximum Gasteiger partial charge on any atom is 0.481 e. The van der Waals surface area contributed by atoms with Crippen molar-refractivity contribution in [2.45, 2.75) is 49.1 Å². The fourth-order valence-corrected chi connectivity index (χ4v) is 7.57. The first-order valence-electron chi connectivity index (χ1n) is 13.3. The summed E-state index contributed by atoms with van der Waals surface area (Å²) in [4.78, 5) is 50.7. The van der Waals surface area contributed by atoms with E-state index in [9.17, 15) is 48.6 Å². The van der Waals surface area contributed by atoms with Crippen molar-refractivity contribution in [3.05, 3.63) is 42.7 Å². The Morgan fingerprint density at radius 3 is 2.31 bits per heavy atom. The molecule has 2 saturated heterocycles. The number of rotatable bonds is 13. The van der Waals surface area contributed by atoms with Crippen LogP contribution >= 0.6 is 35.7 Å². The molecule has 23 nitrogen and oxygen atoms in total. The van der Waals surface area contributed by atoms with Gasteiger partial charge in [-0.05, 0) is 12.2 Å². The quantitative estimate of drug-likeness (QED) is 0.0489. The van der Waals surface area contributed by atoms with Gasteiger partial charge in [-0.15, -0.1) is 0 Å². The largest absolute Gasteiger partial charge is 0.843 e. The number of thiocarbonyl (C=S) groups is 1.